The van der Waals surface area contributed by atoms with Gasteiger partial charge in [-0.1, -0.05) is 81.2 Å². The number of hydrogen-bond donors (Lipinski definition) is 0. The van der Waals surface area contributed by atoms with Crippen molar-refractivity contribution in [3.8, 4) is 11.8 Å². The topological polar surface area (TPSA) is 0 Å². The van der Waals surface area contributed by atoms with Crippen molar-refractivity contribution in [1.82, 2.24) is 0 Å². The van der Waals surface area contributed by atoms with Gasteiger partial charge in [-0.15, -0.1) is 0 Å². The summed E-state index contributed by atoms with van der Waals surface area (Å²) < 4.78 is 26.9. The standard InChI is InChI=1S/C29H30F2/c1-2-3-4-9-22-10-5-7-12-25(22)29-24(18-17-23-11-6-8-13-26(23)29)16-14-21-15-19-27(30)28(31)20-21/h6,8,11,13,15,17-20,22,25H,2-5,7,9-10,12H2,1H3. The van der Waals surface area contributed by atoms with Gasteiger partial charge in [-0.2, -0.15) is 0 Å². The second kappa shape index (κ2) is 10.1. The Morgan fingerprint density at radius 2 is 1.71 bits per heavy atom. The molecule has 0 aromatic heterocycles. The van der Waals surface area contributed by atoms with E-state index in [0.717, 1.165) is 11.6 Å². The first-order valence-corrected chi connectivity index (χ1v) is 11.7. The summed E-state index contributed by atoms with van der Waals surface area (Å²) in [6.45, 7) is 2.26. The van der Waals surface area contributed by atoms with Crippen LogP contribution in [0.15, 0.2) is 54.6 Å². The molecule has 0 bridgehead atoms. The lowest BCUT2D eigenvalue weighted by molar-refractivity contribution is 0.284. The van der Waals surface area contributed by atoms with Crippen LogP contribution in [0.4, 0.5) is 8.78 Å². The third kappa shape index (κ3) is 4.99. The van der Waals surface area contributed by atoms with Crippen LogP contribution >= 0.6 is 0 Å². The van der Waals surface area contributed by atoms with Crippen molar-refractivity contribution in [2.75, 3.05) is 0 Å². The van der Waals surface area contributed by atoms with Crippen LogP contribution in [0.3, 0.4) is 0 Å². The zero-order valence-corrected chi connectivity index (χ0v) is 18.3. The smallest absolute Gasteiger partial charge is 0.160 e. The zero-order valence-electron chi connectivity index (χ0n) is 18.3. The van der Waals surface area contributed by atoms with E-state index in [9.17, 15) is 8.78 Å². The van der Waals surface area contributed by atoms with Crippen LogP contribution in [0, 0.1) is 29.4 Å². The summed E-state index contributed by atoms with van der Waals surface area (Å²) >= 11 is 0. The lowest BCUT2D eigenvalue weighted by Gasteiger charge is -2.33. The van der Waals surface area contributed by atoms with Crippen LogP contribution in [-0.4, -0.2) is 0 Å². The highest BCUT2D eigenvalue weighted by Gasteiger charge is 2.28. The molecule has 4 rings (SSSR count). The first-order valence-electron chi connectivity index (χ1n) is 11.7. The number of halogens is 2. The van der Waals surface area contributed by atoms with Gasteiger partial charge >= 0.3 is 0 Å². The predicted octanol–water partition coefficient (Wildman–Crippen LogP) is 8.37. The van der Waals surface area contributed by atoms with Gasteiger partial charge in [0.05, 0.1) is 0 Å². The monoisotopic (exact) mass is 416 g/mol. The van der Waals surface area contributed by atoms with Crippen molar-refractivity contribution in [1.29, 1.82) is 0 Å². The van der Waals surface area contributed by atoms with Crippen molar-refractivity contribution in [2.45, 2.75) is 64.2 Å². The maximum atomic E-state index is 13.6. The van der Waals surface area contributed by atoms with Gasteiger partial charge in [0.1, 0.15) is 0 Å². The average Bonchev–Trinajstić information content (AvgIpc) is 2.80. The van der Waals surface area contributed by atoms with Crippen LogP contribution in [0.1, 0.15) is 80.9 Å². The summed E-state index contributed by atoms with van der Waals surface area (Å²) in [7, 11) is 0. The third-order valence-corrected chi connectivity index (χ3v) is 6.69. The molecule has 31 heavy (non-hydrogen) atoms. The summed E-state index contributed by atoms with van der Waals surface area (Å²) in [6, 6.07) is 16.7. The number of fused-ring (bicyclic) bond motifs is 1. The van der Waals surface area contributed by atoms with Crippen molar-refractivity contribution >= 4 is 10.8 Å². The van der Waals surface area contributed by atoms with Crippen LogP contribution in [0.25, 0.3) is 10.8 Å². The molecular weight excluding hydrogens is 386 g/mol. The van der Waals surface area contributed by atoms with Gasteiger partial charge in [-0.3, -0.25) is 0 Å². The second-order valence-corrected chi connectivity index (χ2v) is 8.77. The Hall–Kier alpha value is -2.66. The maximum absolute atomic E-state index is 13.6. The van der Waals surface area contributed by atoms with Crippen molar-refractivity contribution in [3.05, 3.63) is 82.9 Å². The summed E-state index contributed by atoms with van der Waals surface area (Å²) in [6.07, 6.45) is 10.2. The van der Waals surface area contributed by atoms with Crippen molar-refractivity contribution < 1.29 is 8.78 Å². The average molecular weight is 417 g/mol. The molecule has 0 nitrogen and oxygen atoms in total. The lowest BCUT2D eigenvalue weighted by Crippen LogP contribution is -2.19. The SMILES string of the molecule is CCCCCC1CCCCC1c1c(C#Cc2ccc(F)c(F)c2)ccc2ccccc12. The molecule has 2 atom stereocenters. The molecule has 160 valence electrons. The molecule has 3 aromatic carbocycles. The Labute approximate surface area is 184 Å². The highest BCUT2D eigenvalue weighted by molar-refractivity contribution is 5.88. The van der Waals surface area contributed by atoms with Crippen LogP contribution < -0.4 is 0 Å². The summed E-state index contributed by atoms with van der Waals surface area (Å²) in [5.74, 6) is 5.90. The van der Waals surface area contributed by atoms with E-state index in [4.69, 9.17) is 0 Å². The van der Waals surface area contributed by atoms with Gasteiger partial charge in [0.2, 0.25) is 0 Å². The van der Waals surface area contributed by atoms with Crippen molar-refractivity contribution in [2.24, 2.45) is 5.92 Å². The normalized spacial score (nSPS) is 18.5. The van der Waals surface area contributed by atoms with Crippen LogP contribution in [0.2, 0.25) is 0 Å². The first-order chi connectivity index (χ1) is 15.2. The van der Waals surface area contributed by atoms with Crippen LogP contribution in [-0.2, 0) is 0 Å². The Morgan fingerprint density at radius 3 is 2.55 bits per heavy atom. The minimum atomic E-state index is -0.853. The molecule has 1 aliphatic rings. The molecule has 0 amide bonds. The third-order valence-electron chi connectivity index (χ3n) is 6.69. The van der Waals surface area contributed by atoms with E-state index < -0.39 is 11.6 Å². The van der Waals surface area contributed by atoms with Gasteiger partial charge in [0.15, 0.2) is 11.6 Å². The molecule has 0 heterocycles. The maximum Gasteiger partial charge on any atom is 0.160 e. The van der Waals surface area contributed by atoms with E-state index in [-0.39, 0.29) is 0 Å². The van der Waals surface area contributed by atoms with E-state index >= 15 is 0 Å². The zero-order chi connectivity index (χ0) is 21.6. The quantitative estimate of drug-likeness (QED) is 0.289. The Morgan fingerprint density at radius 1 is 0.871 bits per heavy atom. The summed E-state index contributed by atoms with van der Waals surface area (Å²) in [5.41, 5.74) is 2.88. The second-order valence-electron chi connectivity index (χ2n) is 8.77. The van der Waals surface area contributed by atoms with Gasteiger partial charge in [-0.25, -0.2) is 8.78 Å². The molecule has 2 heteroatoms. The predicted molar refractivity (Wildman–Crippen MR) is 125 cm³/mol. The molecule has 0 N–H and O–H groups in total. The largest absolute Gasteiger partial charge is 0.204 e. The molecule has 3 aromatic rings. The summed E-state index contributed by atoms with van der Waals surface area (Å²) in [5, 5.41) is 2.53. The molecule has 0 aliphatic heterocycles. The van der Waals surface area contributed by atoms with Gasteiger partial charge in [0.25, 0.3) is 0 Å². The van der Waals surface area contributed by atoms with Gasteiger partial charge in [-0.05, 0) is 71.7 Å². The van der Waals surface area contributed by atoms with Crippen LogP contribution in [0.5, 0.6) is 0 Å². The fourth-order valence-electron chi connectivity index (χ4n) is 5.11. The first kappa shape index (κ1) is 21.6. The highest BCUT2D eigenvalue weighted by Crippen LogP contribution is 2.44. The highest BCUT2D eigenvalue weighted by atomic mass is 19.2. The Kier molecular flexibility index (Phi) is 7.03. The minimum Gasteiger partial charge on any atom is -0.204 e. The Balaban J connectivity index is 1.77. The number of hydrogen-bond acceptors (Lipinski definition) is 0. The molecule has 0 radical (unpaired) electrons. The van der Waals surface area contributed by atoms with E-state index in [2.05, 4.69) is 55.2 Å². The molecule has 0 saturated heterocycles. The number of unbranched alkanes of at least 4 members (excludes halogenated alkanes) is 2. The van der Waals surface area contributed by atoms with E-state index in [1.165, 1.54) is 73.8 Å². The lowest BCUT2D eigenvalue weighted by atomic mass is 9.71. The molecule has 1 aliphatic carbocycles. The molecule has 2 unspecified atom stereocenters. The van der Waals surface area contributed by atoms with Gasteiger partial charge < -0.3 is 0 Å². The van der Waals surface area contributed by atoms with Crippen molar-refractivity contribution in [3.63, 3.8) is 0 Å². The Bertz CT molecular complexity index is 1100. The fourth-order valence-corrected chi connectivity index (χ4v) is 5.11. The van der Waals surface area contributed by atoms with E-state index in [0.29, 0.717) is 17.4 Å². The molecule has 1 fully saturated rings. The number of rotatable bonds is 5. The fraction of sp³-hybridized carbons (Fsp3) is 0.379. The minimum absolute atomic E-state index is 0.501. The summed E-state index contributed by atoms with van der Waals surface area (Å²) in [4.78, 5) is 0. The van der Waals surface area contributed by atoms with Gasteiger partial charge in [0, 0.05) is 11.1 Å². The van der Waals surface area contributed by atoms with E-state index in [1.54, 1.807) is 6.07 Å². The molecule has 0 spiro atoms. The van der Waals surface area contributed by atoms with E-state index in [1.807, 2.05) is 0 Å². The number of benzene rings is 3. The molecule has 1 saturated carbocycles. The molecular formula is C29H30F2.